The average molecular weight is 125 g/mol. The number of aliphatic imine (C=N–C) groups is 1. The lowest BCUT2D eigenvalue weighted by Gasteiger charge is -1.88. The van der Waals surface area contributed by atoms with Gasteiger partial charge in [-0.25, -0.2) is 0 Å². The lowest BCUT2D eigenvalue weighted by molar-refractivity contribution is 0.946. The molecule has 0 atom stereocenters. The number of rotatable bonds is 3. The van der Waals surface area contributed by atoms with Crippen molar-refractivity contribution in [3.63, 3.8) is 0 Å². The lowest BCUT2D eigenvalue weighted by atomic mass is 10.3. The fourth-order valence-electron chi connectivity index (χ4n) is 0.610. The molecule has 0 fully saturated rings. The summed E-state index contributed by atoms with van der Waals surface area (Å²) in [5.41, 5.74) is 1.12. The van der Waals surface area contributed by atoms with Crippen molar-refractivity contribution in [1.29, 1.82) is 0 Å². The van der Waals surface area contributed by atoms with Crippen molar-refractivity contribution in [2.24, 2.45) is 4.99 Å². The van der Waals surface area contributed by atoms with E-state index < -0.39 is 0 Å². The molecule has 52 valence electrons. The third-order valence-electron chi connectivity index (χ3n) is 1.06. The maximum absolute atomic E-state index is 4.10. The minimum atomic E-state index is 1.12. The number of unbranched alkanes of at least 4 members (excludes halogenated alkanes) is 1. The Hall–Kier alpha value is -0.590. The molecule has 0 rings (SSSR count). The van der Waals surface area contributed by atoms with Crippen LogP contribution in [0.15, 0.2) is 16.8 Å². The Kier molecular flexibility index (Phi) is 5.18. The molecule has 0 aromatic rings. The first-order valence-corrected chi connectivity index (χ1v) is 3.46. The van der Waals surface area contributed by atoms with Crippen molar-refractivity contribution in [2.45, 2.75) is 33.6 Å². The van der Waals surface area contributed by atoms with Crippen LogP contribution in [0, 0.1) is 0 Å². The van der Waals surface area contributed by atoms with Gasteiger partial charge in [0.2, 0.25) is 0 Å². The van der Waals surface area contributed by atoms with Crippen molar-refractivity contribution in [2.75, 3.05) is 0 Å². The Labute approximate surface area is 57.5 Å². The Bertz CT molecular complexity index is 112. The summed E-state index contributed by atoms with van der Waals surface area (Å²) in [6, 6.07) is 0. The van der Waals surface area contributed by atoms with Crippen LogP contribution in [-0.4, -0.2) is 6.21 Å². The van der Waals surface area contributed by atoms with Gasteiger partial charge < -0.3 is 0 Å². The van der Waals surface area contributed by atoms with Crippen LogP contribution in [0.5, 0.6) is 0 Å². The van der Waals surface area contributed by atoms with E-state index in [1.165, 1.54) is 6.42 Å². The Morgan fingerprint density at radius 1 is 1.56 bits per heavy atom. The molecular weight excluding hydrogens is 110 g/mol. The smallest absolute Gasteiger partial charge is 0.0328 e. The van der Waals surface area contributed by atoms with Gasteiger partial charge in [0.1, 0.15) is 0 Å². The summed E-state index contributed by atoms with van der Waals surface area (Å²) in [5, 5.41) is 0. The number of hydrogen-bond donors (Lipinski definition) is 0. The van der Waals surface area contributed by atoms with Crippen LogP contribution < -0.4 is 0 Å². The molecule has 1 nitrogen and oxygen atoms in total. The molecule has 0 amide bonds. The van der Waals surface area contributed by atoms with Gasteiger partial charge in [-0.1, -0.05) is 19.4 Å². The van der Waals surface area contributed by atoms with Crippen LogP contribution >= 0.6 is 0 Å². The van der Waals surface area contributed by atoms with E-state index in [1.807, 2.05) is 20.1 Å². The molecule has 0 aliphatic heterocycles. The molecule has 0 heterocycles. The average Bonchev–Trinajstić information content (AvgIpc) is 1.85. The molecule has 0 bridgehead atoms. The molecule has 0 spiro atoms. The third-order valence-corrected chi connectivity index (χ3v) is 1.06. The first-order valence-electron chi connectivity index (χ1n) is 3.46. The summed E-state index contributed by atoms with van der Waals surface area (Å²) in [4.78, 5) is 4.10. The van der Waals surface area contributed by atoms with Gasteiger partial charge >= 0.3 is 0 Å². The molecule has 1 heteroatoms. The zero-order chi connectivity index (χ0) is 7.11. The molecule has 0 aromatic heterocycles. The van der Waals surface area contributed by atoms with Crippen molar-refractivity contribution >= 4 is 6.21 Å². The van der Waals surface area contributed by atoms with Crippen LogP contribution in [-0.2, 0) is 0 Å². The zero-order valence-electron chi connectivity index (χ0n) is 6.52. The Balaban J connectivity index is 3.55. The third kappa shape index (κ3) is 5.28. The molecule has 0 aliphatic carbocycles. The van der Waals surface area contributed by atoms with E-state index in [0.29, 0.717) is 0 Å². The second-order valence-electron chi connectivity index (χ2n) is 2.02. The van der Waals surface area contributed by atoms with Crippen molar-refractivity contribution in [3.05, 3.63) is 11.8 Å². The summed E-state index contributed by atoms with van der Waals surface area (Å²) in [6.45, 7) is 6.12. The quantitative estimate of drug-likeness (QED) is 0.514. The van der Waals surface area contributed by atoms with Crippen molar-refractivity contribution in [1.82, 2.24) is 0 Å². The molecule has 0 aliphatic rings. The van der Waals surface area contributed by atoms with E-state index in [-0.39, 0.29) is 0 Å². The number of allylic oxidation sites excluding steroid dienone is 2. The molecule has 9 heavy (non-hydrogen) atoms. The second-order valence-corrected chi connectivity index (χ2v) is 2.02. The highest BCUT2D eigenvalue weighted by atomic mass is 14.7. The summed E-state index contributed by atoms with van der Waals surface area (Å²) in [6.07, 6.45) is 6.32. The van der Waals surface area contributed by atoms with Crippen molar-refractivity contribution in [3.8, 4) is 0 Å². The van der Waals surface area contributed by atoms with E-state index in [1.54, 1.807) is 0 Å². The normalized spacial score (nSPS) is 13.0. The highest BCUT2D eigenvalue weighted by Gasteiger charge is 1.78. The predicted octanol–water partition coefficient (Wildman–Crippen LogP) is 2.78. The van der Waals surface area contributed by atoms with Gasteiger partial charge in [-0.05, 0) is 20.3 Å². The van der Waals surface area contributed by atoms with Crippen LogP contribution in [0.2, 0.25) is 0 Å². The summed E-state index contributed by atoms with van der Waals surface area (Å²) in [5.74, 6) is 0. The standard InChI is InChI=1S/C8H15N/c1-4-6-7-8(3)9-5-2/h5,7H,4,6H2,1-3H3/b8-7-,9-5?. The Morgan fingerprint density at radius 3 is 2.67 bits per heavy atom. The molecule has 0 saturated carbocycles. The van der Waals surface area contributed by atoms with Gasteiger partial charge in [0.15, 0.2) is 0 Å². The number of nitrogens with zero attached hydrogens (tertiary/aromatic N) is 1. The predicted molar refractivity (Wildman–Crippen MR) is 42.8 cm³/mol. The molecule has 0 radical (unpaired) electrons. The van der Waals surface area contributed by atoms with Crippen molar-refractivity contribution < 1.29 is 0 Å². The molecule has 0 N–H and O–H groups in total. The van der Waals surface area contributed by atoms with Gasteiger partial charge in [0, 0.05) is 11.9 Å². The second kappa shape index (κ2) is 5.54. The fraction of sp³-hybridized carbons (Fsp3) is 0.625. The van der Waals surface area contributed by atoms with E-state index in [2.05, 4.69) is 18.0 Å². The van der Waals surface area contributed by atoms with E-state index >= 15 is 0 Å². The highest BCUT2D eigenvalue weighted by Crippen LogP contribution is 1.97. The van der Waals surface area contributed by atoms with E-state index in [4.69, 9.17) is 0 Å². The molecular formula is C8H15N. The first-order chi connectivity index (χ1) is 4.31. The summed E-state index contributed by atoms with van der Waals surface area (Å²) >= 11 is 0. The van der Waals surface area contributed by atoms with E-state index in [9.17, 15) is 0 Å². The highest BCUT2D eigenvalue weighted by molar-refractivity contribution is 5.55. The topological polar surface area (TPSA) is 12.4 Å². The SMILES string of the molecule is CC=N/C(C)=C\CCC. The molecule has 0 aromatic carbocycles. The largest absolute Gasteiger partial charge is 0.267 e. The van der Waals surface area contributed by atoms with Gasteiger partial charge in [-0.3, -0.25) is 4.99 Å². The zero-order valence-corrected chi connectivity index (χ0v) is 6.52. The van der Waals surface area contributed by atoms with Gasteiger partial charge in [0.25, 0.3) is 0 Å². The summed E-state index contributed by atoms with van der Waals surface area (Å²) < 4.78 is 0. The van der Waals surface area contributed by atoms with Gasteiger partial charge in [-0.15, -0.1) is 0 Å². The Morgan fingerprint density at radius 2 is 2.22 bits per heavy atom. The number of hydrogen-bond acceptors (Lipinski definition) is 1. The van der Waals surface area contributed by atoms with Crippen LogP contribution in [0.25, 0.3) is 0 Å². The minimum absolute atomic E-state index is 1.12. The fourth-order valence-corrected chi connectivity index (χ4v) is 0.610. The minimum Gasteiger partial charge on any atom is -0.267 e. The van der Waals surface area contributed by atoms with Gasteiger partial charge in [0.05, 0.1) is 0 Å². The van der Waals surface area contributed by atoms with Gasteiger partial charge in [-0.2, -0.15) is 0 Å². The molecule has 0 saturated heterocycles. The monoisotopic (exact) mass is 125 g/mol. The molecule has 0 unspecified atom stereocenters. The van der Waals surface area contributed by atoms with Crippen LogP contribution in [0.3, 0.4) is 0 Å². The van der Waals surface area contributed by atoms with E-state index in [0.717, 1.165) is 12.1 Å². The van der Waals surface area contributed by atoms with Crippen LogP contribution in [0.1, 0.15) is 33.6 Å². The lowest BCUT2D eigenvalue weighted by Crippen LogP contribution is -1.70. The van der Waals surface area contributed by atoms with Crippen LogP contribution in [0.4, 0.5) is 0 Å². The summed E-state index contributed by atoms with van der Waals surface area (Å²) in [7, 11) is 0. The first kappa shape index (κ1) is 8.41. The maximum Gasteiger partial charge on any atom is 0.0328 e. The maximum atomic E-state index is 4.10.